The number of amides is 3. The third kappa shape index (κ3) is 9.58. The highest BCUT2D eigenvalue weighted by atomic mass is 16.7. The lowest BCUT2D eigenvalue weighted by Crippen LogP contribution is -2.47. The Morgan fingerprint density at radius 1 is 0.966 bits per heavy atom. The minimum atomic E-state index is -0.754. The van der Waals surface area contributed by atoms with Gasteiger partial charge in [-0.25, -0.2) is 4.79 Å². The van der Waals surface area contributed by atoms with Crippen LogP contribution in [-0.4, -0.2) is 61.5 Å². The van der Waals surface area contributed by atoms with E-state index in [9.17, 15) is 14.4 Å². The first-order valence-corrected chi connectivity index (χ1v) is 11.0. The number of rotatable bonds is 17. The Bertz CT molecular complexity index is 490. The van der Waals surface area contributed by atoms with Crippen LogP contribution in [0, 0.1) is 0 Å². The van der Waals surface area contributed by atoms with E-state index in [1.807, 2.05) is 0 Å². The Hall–Kier alpha value is -1.67. The lowest BCUT2D eigenvalue weighted by molar-refractivity contribution is -0.176. The van der Waals surface area contributed by atoms with Gasteiger partial charge in [-0.05, 0) is 32.6 Å². The minimum absolute atomic E-state index is 0.173. The summed E-state index contributed by atoms with van der Waals surface area (Å²) in [6.45, 7) is 7.76. The molecular weight excluding hydrogens is 376 g/mol. The first-order chi connectivity index (χ1) is 14.0. The monoisotopic (exact) mass is 414 g/mol. The van der Waals surface area contributed by atoms with Crippen LogP contribution < -0.4 is 5.32 Å². The number of imide groups is 1. The lowest BCUT2D eigenvalue weighted by Gasteiger charge is -2.29. The second-order valence-corrected chi connectivity index (χ2v) is 7.22. The number of urea groups is 1. The van der Waals surface area contributed by atoms with E-state index in [0.29, 0.717) is 32.8 Å². The topological polar surface area (TPSA) is 94.2 Å². The van der Waals surface area contributed by atoms with Crippen molar-refractivity contribution >= 4 is 17.9 Å². The molecule has 8 nitrogen and oxygen atoms in total. The van der Waals surface area contributed by atoms with Crippen LogP contribution in [0.5, 0.6) is 0 Å². The van der Waals surface area contributed by atoms with Crippen molar-refractivity contribution in [2.75, 3.05) is 26.4 Å². The predicted molar refractivity (Wildman–Crippen MR) is 109 cm³/mol. The molecule has 0 bridgehead atoms. The van der Waals surface area contributed by atoms with Gasteiger partial charge in [-0.3, -0.25) is 14.9 Å². The summed E-state index contributed by atoms with van der Waals surface area (Å²) >= 11 is 0. The third-order valence-electron chi connectivity index (χ3n) is 4.75. The number of hydrogen-bond acceptors (Lipinski definition) is 6. The van der Waals surface area contributed by atoms with Gasteiger partial charge >= 0.3 is 12.0 Å². The largest absolute Gasteiger partial charge is 0.466 e. The molecule has 1 aliphatic rings. The van der Waals surface area contributed by atoms with Crippen LogP contribution in [0.4, 0.5) is 4.79 Å². The zero-order chi connectivity index (χ0) is 21.5. The van der Waals surface area contributed by atoms with Gasteiger partial charge in [-0.15, -0.1) is 0 Å². The molecule has 0 aromatic heterocycles. The van der Waals surface area contributed by atoms with Crippen molar-refractivity contribution in [3.63, 3.8) is 0 Å². The molecule has 1 fully saturated rings. The molecule has 0 saturated carbocycles. The first kappa shape index (κ1) is 25.4. The van der Waals surface area contributed by atoms with E-state index in [1.165, 1.54) is 4.90 Å². The van der Waals surface area contributed by atoms with Crippen molar-refractivity contribution in [3.05, 3.63) is 0 Å². The zero-order valence-corrected chi connectivity index (χ0v) is 18.2. The summed E-state index contributed by atoms with van der Waals surface area (Å²) in [6.07, 6.45) is 6.61. The molecule has 1 unspecified atom stereocenters. The number of hydrogen-bond donors (Lipinski definition) is 1. The molecule has 8 heteroatoms. The molecule has 1 atom stereocenters. The molecule has 29 heavy (non-hydrogen) atoms. The van der Waals surface area contributed by atoms with E-state index in [2.05, 4.69) is 19.2 Å². The molecule has 0 aromatic carbocycles. The van der Waals surface area contributed by atoms with E-state index in [-0.39, 0.29) is 11.9 Å². The molecule has 3 amide bonds. The maximum Gasteiger partial charge on any atom is 0.324 e. The predicted octanol–water partition coefficient (Wildman–Crippen LogP) is 3.38. The SMILES string of the molecule is CCCCOC(OCCCC)C1C(=O)NC(=O)N1CCCCCCC(=O)OCC. The van der Waals surface area contributed by atoms with Gasteiger partial charge in [-0.1, -0.05) is 39.5 Å². The second-order valence-electron chi connectivity index (χ2n) is 7.22. The number of nitrogens with one attached hydrogen (secondary N) is 1. The van der Waals surface area contributed by atoms with Gasteiger partial charge in [0.25, 0.3) is 5.91 Å². The molecule has 1 rings (SSSR count). The summed E-state index contributed by atoms with van der Waals surface area (Å²) < 4.78 is 16.6. The molecule has 0 radical (unpaired) electrons. The van der Waals surface area contributed by atoms with Crippen LogP contribution in [-0.2, 0) is 23.8 Å². The van der Waals surface area contributed by atoms with Crippen LogP contribution in [0.15, 0.2) is 0 Å². The summed E-state index contributed by atoms with van der Waals surface area (Å²) in [6, 6.07) is -1.15. The quantitative estimate of drug-likeness (QED) is 0.170. The molecule has 1 N–H and O–H groups in total. The summed E-state index contributed by atoms with van der Waals surface area (Å²) in [5, 5.41) is 2.39. The van der Waals surface area contributed by atoms with Crippen molar-refractivity contribution in [1.82, 2.24) is 10.2 Å². The highest BCUT2D eigenvalue weighted by molar-refractivity contribution is 6.04. The zero-order valence-electron chi connectivity index (χ0n) is 18.2. The highest BCUT2D eigenvalue weighted by Gasteiger charge is 2.44. The van der Waals surface area contributed by atoms with Crippen LogP contribution in [0.3, 0.4) is 0 Å². The molecule has 0 spiro atoms. The molecule has 1 heterocycles. The van der Waals surface area contributed by atoms with Gasteiger partial charge in [0.2, 0.25) is 0 Å². The number of unbranched alkanes of at least 4 members (excludes halogenated alkanes) is 5. The smallest absolute Gasteiger partial charge is 0.324 e. The Balaban J connectivity index is 2.52. The van der Waals surface area contributed by atoms with Crippen LogP contribution in [0.25, 0.3) is 0 Å². The third-order valence-corrected chi connectivity index (χ3v) is 4.75. The van der Waals surface area contributed by atoms with Crippen LogP contribution >= 0.6 is 0 Å². The fraction of sp³-hybridized carbons (Fsp3) is 0.857. The van der Waals surface area contributed by atoms with Crippen molar-refractivity contribution in [3.8, 4) is 0 Å². The lowest BCUT2D eigenvalue weighted by atomic mass is 10.1. The van der Waals surface area contributed by atoms with E-state index >= 15 is 0 Å². The van der Waals surface area contributed by atoms with Gasteiger partial charge in [-0.2, -0.15) is 0 Å². The highest BCUT2D eigenvalue weighted by Crippen LogP contribution is 2.19. The van der Waals surface area contributed by atoms with E-state index in [0.717, 1.165) is 51.4 Å². The average molecular weight is 415 g/mol. The maximum absolute atomic E-state index is 12.4. The fourth-order valence-corrected chi connectivity index (χ4v) is 3.09. The molecular formula is C21H38N2O6. The van der Waals surface area contributed by atoms with Gasteiger partial charge in [0, 0.05) is 26.2 Å². The summed E-state index contributed by atoms with van der Waals surface area (Å²) in [5.74, 6) is -0.538. The molecule has 1 saturated heterocycles. The first-order valence-electron chi connectivity index (χ1n) is 11.0. The van der Waals surface area contributed by atoms with Crippen LogP contribution in [0.1, 0.15) is 78.6 Å². The second kappa shape index (κ2) is 15.2. The fourth-order valence-electron chi connectivity index (χ4n) is 3.09. The Morgan fingerprint density at radius 2 is 1.59 bits per heavy atom. The van der Waals surface area contributed by atoms with E-state index in [1.54, 1.807) is 6.92 Å². The van der Waals surface area contributed by atoms with E-state index in [4.69, 9.17) is 14.2 Å². The molecule has 0 aliphatic carbocycles. The van der Waals surface area contributed by atoms with Crippen molar-refractivity contribution in [1.29, 1.82) is 0 Å². The summed E-state index contributed by atoms with van der Waals surface area (Å²) in [7, 11) is 0. The van der Waals surface area contributed by atoms with Gasteiger partial charge < -0.3 is 19.1 Å². The average Bonchev–Trinajstić information content (AvgIpc) is 2.97. The number of carbonyl (C=O) groups excluding carboxylic acids is 3. The maximum atomic E-state index is 12.4. The molecule has 168 valence electrons. The van der Waals surface area contributed by atoms with Gasteiger partial charge in [0.05, 0.1) is 6.61 Å². The molecule has 0 aromatic rings. The minimum Gasteiger partial charge on any atom is -0.466 e. The Kier molecular flexibility index (Phi) is 13.3. The summed E-state index contributed by atoms with van der Waals surface area (Å²) in [4.78, 5) is 37.5. The number of nitrogens with zero attached hydrogens (tertiary/aromatic N) is 1. The summed E-state index contributed by atoms with van der Waals surface area (Å²) in [5.41, 5.74) is 0. The molecule has 1 aliphatic heterocycles. The van der Waals surface area contributed by atoms with Gasteiger partial charge in [0.15, 0.2) is 12.3 Å². The number of esters is 1. The van der Waals surface area contributed by atoms with Crippen LogP contribution in [0.2, 0.25) is 0 Å². The van der Waals surface area contributed by atoms with Crippen molar-refractivity contribution < 1.29 is 28.6 Å². The van der Waals surface area contributed by atoms with Gasteiger partial charge in [0.1, 0.15) is 0 Å². The normalized spacial score (nSPS) is 16.6. The van der Waals surface area contributed by atoms with E-state index < -0.39 is 18.4 Å². The number of carbonyl (C=O) groups is 3. The van der Waals surface area contributed by atoms with Crippen molar-refractivity contribution in [2.24, 2.45) is 0 Å². The van der Waals surface area contributed by atoms with Crippen molar-refractivity contribution in [2.45, 2.75) is 90.9 Å². The Morgan fingerprint density at radius 3 is 2.17 bits per heavy atom. The number of ether oxygens (including phenoxy) is 3. The standard InChI is InChI=1S/C21H38N2O6/c1-4-7-15-28-20(29-16-8-5-2)18-19(25)22-21(26)23(18)14-12-10-9-11-13-17(24)27-6-3/h18,20H,4-16H2,1-3H3,(H,22,25,26). The Labute approximate surface area is 174 Å².